The largest absolute Gasteiger partial charge is 1.00 e. The van der Waals surface area contributed by atoms with Crippen LogP contribution in [-0.2, 0) is 4.57 Å². The molecule has 0 radical (unpaired) electrons. The smallest absolute Gasteiger partial charge is 1.00 e. The predicted octanol–water partition coefficient (Wildman–Crippen LogP) is -1.28. The minimum Gasteiger partial charge on any atom is -1.00 e. The normalized spacial score (nSPS) is 8.44. The van der Waals surface area contributed by atoms with Gasteiger partial charge in [-0.1, -0.05) is 18.2 Å². The van der Waals surface area contributed by atoms with Gasteiger partial charge in [0.15, 0.2) is 8.46 Å². The molecular weight excluding hydrogens is 126 g/mol. The number of rotatable bonds is 1. The van der Waals surface area contributed by atoms with Gasteiger partial charge in [0, 0.05) is 5.30 Å². The first-order valence-electron chi connectivity index (χ1n) is 2.32. The molecule has 9 heavy (non-hydrogen) atoms. The van der Waals surface area contributed by atoms with Gasteiger partial charge >= 0.3 is 18.9 Å². The first-order chi connectivity index (χ1) is 3.93. The van der Waals surface area contributed by atoms with E-state index in [-0.39, 0.29) is 28.7 Å². The summed E-state index contributed by atoms with van der Waals surface area (Å²) in [6, 6.07) is 9.25. The third kappa shape index (κ3) is 2.82. The zero-order chi connectivity index (χ0) is 5.82. The predicted molar refractivity (Wildman–Crippen MR) is 34.8 cm³/mol. The van der Waals surface area contributed by atoms with E-state index in [0.717, 1.165) is 5.30 Å². The van der Waals surface area contributed by atoms with E-state index in [1.165, 1.54) is 0 Å². The molecule has 0 N–H and O–H groups in total. The van der Waals surface area contributed by atoms with Crippen molar-refractivity contribution in [2.75, 3.05) is 0 Å². The summed E-state index contributed by atoms with van der Waals surface area (Å²) in [6.45, 7) is 0. The Morgan fingerprint density at radius 3 is 2.11 bits per heavy atom. The third-order valence-electron chi connectivity index (χ3n) is 0.862. The molecule has 0 heterocycles. The first kappa shape index (κ1) is 8.92. The van der Waals surface area contributed by atoms with Gasteiger partial charge in [0.25, 0.3) is 0 Å². The van der Waals surface area contributed by atoms with Gasteiger partial charge < -0.3 is 1.43 Å². The van der Waals surface area contributed by atoms with E-state index in [0.29, 0.717) is 0 Å². The zero-order valence-corrected chi connectivity index (χ0v) is 6.14. The fourth-order valence-electron chi connectivity index (χ4n) is 0.489. The molecule has 0 saturated carbocycles. The maximum atomic E-state index is 10.1. The van der Waals surface area contributed by atoms with Crippen LogP contribution in [0.2, 0.25) is 0 Å². The van der Waals surface area contributed by atoms with Gasteiger partial charge in [-0.2, -0.15) is 0 Å². The SMILES string of the molecule is O=Pc1ccccc1.[H-].[Li+]. The van der Waals surface area contributed by atoms with E-state index in [1.807, 2.05) is 30.3 Å². The summed E-state index contributed by atoms with van der Waals surface area (Å²) in [5, 5.41) is 0.826. The van der Waals surface area contributed by atoms with Crippen molar-refractivity contribution in [3.05, 3.63) is 30.3 Å². The van der Waals surface area contributed by atoms with Crippen LogP contribution < -0.4 is 24.2 Å². The monoisotopic (exact) mass is 132 g/mol. The van der Waals surface area contributed by atoms with E-state index >= 15 is 0 Å². The van der Waals surface area contributed by atoms with Crippen molar-refractivity contribution in [3.63, 3.8) is 0 Å². The van der Waals surface area contributed by atoms with Crippen LogP contribution in [-0.4, -0.2) is 0 Å². The zero-order valence-electron chi connectivity index (χ0n) is 6.24. The van der Waals surface area contributed by atoms with Crippen molar-refractivity contribution in [1.82, 2.24) is 0 Å². The van der Waals surface area contributed by atoms with Crippen LogP contribution in [0.5, 0.6) is 0 Å². The minimum absolute atomic E-state index is 0. The molecule has 0 unspecified atom stereocenters. The summed E-state index contributed by atoms with van der Waals surface area (Å²) in [6.07, 6.45) is 0. The molecule has 1 aromatic rings. The summed E-state index contributed by atoms with van der Waals surface area (Å²) < 4.78 is 10.1. The van der Waals surface area contributed by atoms with Crippen molar-refractivity contribution in [2.24, 2.45) is 0 Å². The van der Waals surface area contributed by atoms with E-state index < -0.39 is 0 Å². The average Bonchev–Trinajstić information content (AvgIpc) is 1.90. The van der Waals surface area contributed by atoms with Crippen LogP contribution >= 0.6 is 8.46 Å². The van der Waals surface area contributed by atoms with Crippen LogP contribution in [0.1, 0.15) is 1.43 Å². The molecule has 3 heteroatoms. The molecule has 0 aliphatic rings. The summed E-state index contributed by atoms with van der Waals surface area (Å²) in [7, 11) is 0.0994. The molecule has 1 rings (SSSR count). The quantitative estimate of drug-likeness (QED) is 0.343. The number of hydrogen-bond acceptors (Lipinski definition) is 1. The molecule has 0 aliphatic carbocycles. The Morgan fingerprint density at radius 2 is 1.78 bits per heavy atom. The van der Waals surface area contributed by atoms with Gasteiger partial charge in [0.2, 0.25) is 0 Å². The Balaban J connectivity index is 0. The van der Waals surface area contributed by atoms with E-state index in [9.17, 15) is 4.57 Å². The van der Waals surface area contributed by atoms with Gasteiger partial charge in [0.05, 0.1) is 0 Å². The second-order valence-corrected chi connectivity index (χ2v) is 2.13. The van der Waals surface area contributed by atoms with Gasteiger partial charge in [-0.15, -0.1) is 0 Å². The van der Waals surface area contributed by atoms with Crippen LogP contribution in [0.3, 0.4) is 0 Å². The summed E-state index contributed by atoms with van der Waals surface area (Å²) in [5.74, 6) is 0. The molecule has 0 aliphatic heterocycles. The van der Waals surface area contributed by atoms with E-state index in [4.69, 9.17) is 0 Å². The van der Waals surface area contributed by atoms with Crippen molar-refractivity contribution in [2.45, 2.75) is 0 Å². The molecule has 0 saturated heterocycles. The molecule has 0 bridgehead atoms. The standard InChI is InChI=1S/C6H5OP.Li.H/c7-8-6-4-2-1-3-5-6;;/h1-5H;;/q;+1;-1. The van der Waals surface area contributed by atoms with Gasteiger partial charge in [-0.05, 0) is 12.1 Å². The maximum Gasteiger partial charge on any atom is 1.00 e. The topological polar surface area (TPSA) is 17.1 Å². The van der Waals surface area contributed by atoms with Crippen molar-refractivity contribution < 1.29 is 24.9 Å². The van der Waals surface area contributed by atoms with E-state index in [1.54, 1.807) is 0 Å². The average molecular weight is 132 g/mol. The van der Waals surface area contributed by atoms with Gasteiger partial charge in [-0.25, -0.2) is 0 Å². The molecule has 0 atom stereocenters. The van der Waals surface area contributed by atoms with Crippen LogP contribution in [0.25, 0.3) is 0 Å². The Labute approximate surface area is 69.3 Å². The Bertz CT molecular complexity index is 180. The summed E-state index contributed by atoms with van der Waals surface area (Å²) in [5.41, 5.74) is 0. The first-order valence-corrected chi connectivity index (χ1v) is 3.13. The Kier molecular flexibility index (Phi) is 4.72. The molecule has 0 fully saturated rings. The second-order valence-electron chi connectivity index (χ2n) is 1.43. The molecule has 0 aromatic heterocycles. The van der Waals surface area contributed by atoms with Crippen LogP contribution in [0.15, 0.2) is 30.3 Å². The van der Waals surface area contributed by atoms with Gasteiger partial charge in [-0.3, -0.25) is 4.57 Å². The van der Waals surface area contributed by atoms with Crippen LogP contribution in [0, 0.1) is 0 Å². The number of benzene rings is 1. The van der Waals surface area contributed by atoms with Crippen molar-refractivity contribution in [1.29, 1.82) is 0 Å². The van der Waals surface area contributed by atoms with E-state index in [2.05, 4.69) is 0 Å². The molecule has 0 amide bonds. The molecular formula is C6H6LiOP. The second kappa shape index (κ2) is 4.76. The van der Waals surface area contributed by atoms with Crippen molar-refractivity contribution >= 4 is 13.8 Å². The van der Waals surface area contributed by atoms with Gasteiger partial charge in [0.1, 0.15) is 0 Å². The third-order valence-corrected chi connectivity index (χ3v) is 1.37. The molecule has 42 valence electrons. The maximum absolute atomic E-state index is 10.1. The Morgan fingerprint density at radius 1 is 1.22 bits per heavy atom. The Hall–Kier alpha value is -0.0826. The number of hydrogen-bond donors (Lipinski definition) is 0. The van der Waals surface area contributed by atoms with Crippen molar-refractivity contribution in [3.8, 4) is 0 Å². The minimum atomic E-state index is 0. The molecule has 0 spiro atoms. The molecule has 1 nitrogen and oxygen atoms in total. The summed E-state index contributed by atoms with van der Waals surface area (Å²) in [4.78, 5) is 0. The fourth-order valence-corrected chi connectivity index (χ4v) is 0.783. The summed E-state index contributed by atoms with van der Waals surface area (Å²) >= 11 is 0. The van der Waals surface area contributed by atoms with Crippen LogP contribution in [0.4, 0.5) is 0 Å². The molecule has 1 aromatic carbocycles. The fraction of sp³-hybridized carbons (Fsp3) is 0.